The van der Waals surface area contributed by atoms with Crippen LogP contribution in [0.2, 0.25) is 0 Å². The van der Waals surface area contributed by atoms with E-state index in [1.807, 2.05) is 80.6 Å². The monoisotopic (exact) mass is 357 g/mol. The molecule has 1 amide bonds. The Bertz CT molecular complexity index is 925. The summed E-state index contributed by atoms with van der Waals surface area (Å²) in [7, 11) is 0. The predicted molar refractivity (Wildman–Crippen MR) is 111 cm³/mol. The number of rotatable bonds is 6. The molecule has 0 unspecified atom stereocenters. The minimum atomic E-state index is -0.157. The molecule has 0 fully saturated rings. The Morgan fingerprint density at radius 1 is 0.926 bits per heavy atom. The number of carbonyl (C=O) groups excluding carboxylic acids is 1. The molecule has 3 aromatic rings. The Morgan fingerprint density at radius 2 is 1.67 bits per heavy atom. The van der Waals surface area contributed by atoms with Crippen LogP contribution in [0.3, 0.4) is 0 Å². The lowest BCUT2D eigenvalue weighted by molar-refractivity contribution is -0.111. The van der Waals surface area contributed by atoms with Crippen molar-refractivity contribution < 1.29 is 9.53 Å². The minimum Gasteiger partial charge on any atom is -0.489 e. The molecule has 3 nitrogen and oxygen atoms in total. The lowest BCUT2D eigenvalue weighted by atomic mass is 10.1. The van der Waals surface area contributed by atoms with Crippen LogP contribution in [0.1, 0.15) is 22.3 Å². The van der Waals surface area contributed by atoms with Gasteiger partial charge in [-0.05, 0) is 66.4 Å². The van der Waals surface area contributed by atoms with Gasteiger partial charge in [0.25, 0.3) is 0 Å². The van der Waals surface area contributed by atoms with Crippen LogP contribution in [0.15, 0.2) is 78.9 Å². The zero-order valence-electron chi connectivity index (χ0n) is 15.6. The minimum absolute atomic E-state index is 0.157. The van der Waals surface area contributed by atoms with E-state index in [1.165, 1.54) is 6.08 Å². The summed E-state index contributed by atoms with van der Waals surface area (Å²) in [6.07, 6.45) is 3.32. The molecule has 0 aliphatic rings. The smallest absolute Gasteiger partial charge is 0.248 e. The highest BCUT2D eigenvalue weighted by Gasteiger charge is 2.01. The van der Waals surface area contributed by atoms with E-state index >= 15 is 0 Å². The number of hydrogen-bond donors (Lipinski definition) is 1. The van der Waals surface area contributed by atoms with Crippen LogP contribution in [-0.2, 0) is 11.4 Å². The molecular formula is C24H23NO2. The number of anilines is 1. The fourth-order valence-electron chi connectivity index (χ4n) is 2.85. The van der Waals surface area contributed by atoms with Gasteiger partial charge in [-0.15, -0.1) is 0 Å². The van der Waals surface area contributed by atoms with Crippen molar-refractivity contribution in [2.75, 3.05) is 5.32 Å². The molecular weight excluding hydrogens is 334 g/mol. The highest BCUT2D eigenvalue weighted by molar-refractivity contribution is 6.02. The van der Waals surface area contributed by atoms with Crippen molar-refractivity contribution in [1.82, 2.24) is 0 Å². The summed E-state index contributed by atoms with van der Waals surface area (Å²) in [4.78, 5) is 12.2. The molecule has 3 rings (SSSR count). The van der Waals surface area contributed by atoms with Gasteiger partial charge in [0.2, 0.25) is 5.91 Å². The number of ether oxygens (including phenoxy) is 1. The first-order chi connectivity index (χ1) is 13.1. The fraction of sp³-hybridized carbons (Fsp3) is 0.125. The molecule has 0 saturated carbocycles. The normalized spacial score (nSPS) is 10.7. The lowest BCUT2D eigenvalue weighted by Gasteiger charge is -2.07. The van der Waals surface area contributed by atoms with E-state index in [4.69, 9.17) is 4.74 Å². The van der Waals surface area contributed by atoms with Crippen molar-refractivity contribution in [1.29, 1.82) is 0 Å². The standard InChI is InChI=1S/C24H23NO2/c1-18-13-19(2)15-22(14-18)25-24(26)12-11-20-9-6-10-23(16-20)27-17-21-7-4-3-5-8-21/h3-16H,17H2,1-2H3,(H,25,26)/b12-11+. The van der Waals surface area contributed by atoms with Crippen molar-refractivity contribution >= 4 is 17.7 Å². The average molecular weight is 357 g/mol. The van der Waals surface area contributed by atoms with Gasteiger partial charge >= 0.3 is 0 Å². The first-order valence-corrected chi connectivity index (χ1v) is 8.93. The zero-order chi connectivity index (χ0) is 19.1. The Balaban J connectivity index is 1.60. The number of benzene rings is 3. The molecule has 1 N–H and O–H groups in total. The Kier molecular flexibility index (Phi) is 6.06. The summed E-state index contributed by atoms with van der Waals surface area (Å²) < 4.78 is 5.83. The summed E-state index contributed by atoms with van der Waals surface area (Å²) in [5.41, 5.74) is 5.08. The number of nitrogens with one attached hydrogen (secondary N) is 1. The van der Waals surface area contributed by atoms with E-state index in [1.54, 1.807) is 6.08 Å². The average Bonchev–Trinajstić information content (AvgIpc) is 2.65. The molecule has 0 atom stereocenters. The lowest BCUT2D eigenvalue weighted by Crippen LogP contribution is -2.08. The summed E-state index contributed by atoms with van der Waals surface area (Å²) in [6, 6.07) is 23.7. The van der Waals surface area contributed by atoms with E-state index in [0.29, 0.717) is 6.61 Å². The van der Waals surface area contributed by atoms with Gasteiger partial charge < -0.3 is 10.1 Å². The quantitative estimate of drug-likeness (QED) is 0.589. The van der Waals surface area contributed by atoms with Gasteiger partial charge in [-0.2, -0.15) is 0 Å². The third kappa shape index (κ3) is 5.86. The van der Waals surface area contributed by atoms with Crippen molar-refractivity contribution in [3.05, 3.63) is 101 Å². The third-order valence-electron chi connectivity index (χ3n) is 4.02. The number of hydrogen-bond acceptors (Lipinski definition) is 2. The number of carbonyl (C=O) groups is 1. The van der Waals surface area contributed by atoms with Gasteiger partial charge in [-0.25, -0.2) is 0 Å². The summed E-state index contributed by atoms with van der Waals surface area (Å²) >= 11 is 0. The van der Waals surface area contributed by atoms with Gasteiger partial charge in [-0.3, -0.25) is 4.79 Å². The maximum Gasteiger partial charge on any atom is 0.248 e. The van der Waals surface area contributed by atoms with E-state index in [9.17, 15) is 4.79 Å². The van der Waals surface area contributed by atoms with Crippen LogP contribution < -0.4 is 10.1 Å². The van der Waals surface area contributed by atoms with Gasteiger partial charge in [0.15, 0.2) is 0 Å². The van der Waals surface area contributed by atoms with Gasteiger partial charge in [-0.1, -0.05) is 48.5 Å². The van der Waals surface area contributed by atoms with Crippen molar-refractivity contribution in [3.8, 4) is 5.75 Å². The van der Waals surface area contributed by atoms with Gasteiger partial charge in [0.05, 0.1) is 0 Å². The highest BCUT2D eigenvalue weighted by Crippen LogP contribution is 2.17. The largest absolute Gasteiger partial charge is 0.489 e. The van der Waals surface area contributed by atoms with Gasteiger partial charge in [0.1, 0.15) is 12.4 Å². The van der Waals surface area contributed by atoms with Crippen LogP contribution in [0.5, 0.6) is 5.75 Å². The van der Waals surface area contributed by atoms with E-state index in [-0.39, 0.29) is 5.91 Å². The first kappa shape index (κ1) is 18.5. The van der Waals surface area contributed by atoms with E-state index in [2.05, 4.69) is 11.4 Å². The molecule has 0 spiro atoms. The van der Waals surface area contributed by atoms with Crippen LogP contribution in [0, 0.1) is 13.8 Å². The van der Waals surface area contributed by atoms with Crippen LogP contribution in [0.25, 0.3) is 6.08 Å². The molecule has 0 aromatic heterocycles. The van der Waals surface area contributed by atoms with E-state index < -0.39 is 0 Å². The summed E-state index contributed by atoms with van der Waals surface area (Å²) in [5, 5.41) is 2.90. The topological polar surface area (TPSA) is 38.3 Å². The maximum absolute atomic E-state index is 12.2. The SMILES string of the molecule is Cc1cc(C)cc(NC(=O)/C=C/c2cccc(OCc3ccccc3)c2)c1. The molecule has 0 aliphatic carbocycles. The van der Waals surface area contributed by atoms with Crippen LogP contribution >= 0.6 is 0 Å². The molecule has 3 heteroatoms. The maximum atomic E-state index is 12.2. The van der Waals surface area contributed by atoms with Crippen molar-refractivity contribution in [2.45, 2.75) is 20.5 Å². The molecule has 0 radical (unpaired) electrons. The highest BCUT2D eigenvalue weighted by atomic mass is 16.5. The van der Waals surface area contributed by atoms with Gasteiger partial charge in [0, 0.05) is 11.8 Å². The summed E-state index contributed by atoms with van der Waals surface area (Å²) in [5.74, 6) is 0.617. The molecule has 27 heavy (non-hydrogen) atoms. The molecule has 0 bridgehead atoms. The second-order valence-electron chi connectivity index (χ2n) is 6.55. The zero-order valence-corrected chi connectivity index (χ0v) is 15.6. The predicted octanol–water partition coefficient (Wildman–Crippen LogP) is 5.53. The van der Waals surface area contributed by atoms with Crippen LogP contribution in [0.4, 0.5) is 5.69 Å². The number of aryl methyl sites for hydroxylation is 2. The Morgan fingerprint density at radius 3 is 2.41 bits per heavy atom. The van der Waals surface area contributed by atoms with Crippen molar-refractivity contribution in [3.63, 3.8) is 0 Å². The number of amides is 1. The van der Waals surface area contributed by atoms with Crippen LogP contribution in [-0.4, -0.2) is 5.91 Å². The molecule has 3 aromatic carbocycles. The molecule has 136 valence electrons. The van der Waals surface area contributed by atoms with Crippen molar-refractivity contribution in [2.24, 2.45) is 0 Å². The molecule has 0 aliphatic heterocycles. The van der Waals surface area contributed by atoms with E-state index in [0.717, 1.165) is 33.7 Å². The fourth-order valence-corrected chi connectivity index (χ4v) is 2.85. The second-order valence-corrected chi connectivity index (χ2v) is 6.55. The summed E-state index contributed by atoms with van der Waals surface area (Å²) in [6.45, 7) is 4.54. The first-order valence-electron chi connectivity index (χ1n) is 8.93. The third-order valence-corrected chi connectivity index (χ3v) is 4.02. The second kappa shape index (κ2) is 8.86. The Hall–Kier alpha value is -3.33. The molecule has 0 saturated heterocycles. The Labute approximate surface area is 160 Å². The molecule has 0 heterocycles.